The van der Waals surface area contributed by atoms with E-state index in [0.29, 0.717) is 41.0 Å². The fourth-order valence-corrected chi connectivity index (χ4v) is 3.15. The molecule has 0 aliphatic carbocycles. The Hall–Kier alpha value is -4.05. The highest BCUT2D eigenvalue weighted by Gasteiger charge is 2.16. The van der Waals surface area contributed by atoms with Gasteiger partial charge in [-0.15, -0.1) is 0 Å². The summed E-state index contributed by atoms with van der Waals surface area (Å²) >= 11 is 0. The molecule has 1 amide bonds. The number of anilines is 1. The standard InChI is InChI=1S/C24H27N3O7/c1-15(14-30-3)33-18-10-16(23(28)25-22-8-9-27(2)26-22)11-19(12-18)34-17-6-7-20(24(29)32-5)21(13-17)31-4/h6-13,15H,14H2,1-5H3,(H,25,26,28)/t15-/m0/s1. The molecule has 0 bridgehead atoms. The average Bonchev–Trinajstić information content (AvgIpc) is 3.22. The summed E-state index contributed by atoms with van der Waals surface area (Å²) in [6, 6.07) is 11.2. The van der Waals surface area contributed by atoms with Gasteiger partial charge in [-0.1, -0.05) is 0 Å². The van der Waals surface area contributed by atoms with E-state index in [0.717, 1.165) is 0 Å². The first kappa shape index (κ1) is 24.6. The van der Waals surface area contributed by atoms with E-state index in [1.54, 1.807) is 61.4 Å². The van der Waals surface area contributed by atoms with Crippen molar-refractivity contribution in [2.24, 2.45) is 7.05 Å². The number of nitrogens with zero attached hydrogens (tertiary/aromatic N) is 2. The quantitative estimate of drug-likeness (QED) is 0.448. The molecule has 10 heteroatoms. The predicted molar refractivity (Wildman–Crippen MR) is 124 cm³/mol. The van der Waals surface area contributed by atoms with Gasteiger partial charge in [0, 0.05) is 44.1 Å². The van der Waals surface area contributed by atoms with Crippen molar-refractivity contribution >= 4 is 17.7 Å². The lowest BCUT2D eigenvalue weighted by Gasteiger charge is -2.16. The summed E-state index contributed by atoms with van der Waals surface area (Å²) in [5.41, 5.74) is 0.569. The lowest BCUT2D eigenvalue weighted by Crippen LogP contribution is -2.18. The number of amides is 1. The minimum absolute atomic E-state index is 0.258. The number of carbonyl (C=O) groups is 2. The van der Waals surface area contributed by atoms with E-state index in [1.165, 1.54) is 20.3 Å². The monoisotopic (exact) mass is 469 g/mol. The lowest BCUT2D eigenvalue weighted by atomic mass is 10.1. The molecule has 3 rings (SSSR count). The summed E-state index contributed by atoms with van der Waals surface area (Å²) in [7, 11) is 6.07. The third kappa shape index (κ3) is 6.26. The molecule has 0 radical (unpaired) electrons. The van der Waals surface area contributed by atoms with E-state index in [-0.39, 0.29) is 17.6 Å². The molecule has 0 saturated carbocycles. The van der Waals surface area contributed by atoms with Gasteiger partial charge in [0.2, 0.25) is 0 Å². The Morgan fingerprint density at radius 3 is 2.44 bits per heavy atom. The van der Waals surface area contributed by atoms with Crippen molar-refractivity contribution in [2.75, 3.05) is 33.3 Å². The van der Waals surface area contributed by atoms with Gasteiger partial charge < -0.3 is 29.0 Å². The summed E-state index contributed by atoms with van der Waals surface area (Å²) in [6.07, 6.45) is 1.47. The van der Waals surface area contributed by atoms with Crippen LogP contribution in [0.3, 0.4) is 0 Å². The summed E-state index contributed by atoms with van der Waals surface area (Å²) in [5.74, 6) is 0.956. The van der Waals surface area contributed by atoms with Gasteiger partial charge in [-0.2, -0.15) is 5.10 Å². The molecule has 3 aromatic rings. The number of methoxy groups -OCH3 is 3. The summed E-state index contributed by atoms with van der Waals surface area (Å²) in [6.45, 7) is 2.22. The van der Waals surface area contributed by atoms with Gasteiger partial charge in [-0.25, -0.2) is 4.79 Å². The SMILES string of the molecule is COC[C@H](C)Oc1cc(Oc2ccc(C(=O)OC)c(OC)c2)cc(C(=O)Nc2ccn(C)n2)c1. The van der Waals surface area contributed by atoms with Crippen molar-refractivity contribution < 1.29 is 33.3 Å². The van der Waals surface area contributed by atoms with Crippen LogP contribution in [0.15, 0.2) is 48.7 Å². The summed E-state index contributed by atoms with van der Waals surface area (Å²) < 4.78 is 28.6. The van der Waals surface area contributed by atoms with Gasteiger partial charge >= 0.3 is 5.97 Å². The van der Waals surface area contributed by atoms with Crippen LogP contribution in [0.1, 0.15) is 27.6 Å². The van der Waals surface area contributed by atoms with E-state index >= 15 is 0 Å². The minimum Gasteiger partial charge on any atom is -0.496 e. The molecule has 34 heavy (non-hydrogen) atoms. The van der Waals surface area contributed by atoms with Crippen LogP contribution in [0.25, 0.3) is 0 Å². The molecule has 0 fully saturated rings. The number of nitrogens with one attached hydrogen (secondary N) is 1. The van der Waals surface area contributed by atoms with Gasteiger partial charge in [0.25, 0.3) is 5.91 Å². The van der Waals surface area contributed by atoms with Gasteiger partial charge in [0.1, 0.15) is 34.7 Å². The van der Waals surface area contributed by atoms with E-state index in [4.69, 9.17) is 23.7 Å². The molecule has 1 N–H and O–H groups in total. The fraction of sp³-hybridized carbons (Fsp3) is 0.292. The zero-order valence-electron chi connectivity index (χ0n) is 19.7. The maximum Gasteiger partial charge on any atom is 0.341 e. The smallest absolute Gasteiger partial charge is 0.341 e. The Balaban J connectivity index is 1.91. The first-order valence-corrected chi connectivity index (χ1v) is 10.4. The van der Waals surface area contributed by atoms with Crippen molar-refractivity contribution in [3.05, 3.63) is 59.8 Å². The Labute approximate surface area is 197 Å². The normalized spacial score (nSPS) is 11.4. The van der Waals surface area contributed by atoms with Crippen molar-refractivity contribution in [2.45, 2.75) is 13.0 Å². The number of aryl methyl sites for hydroxylation is 1. The first-order chi connectivity index (χ1) is 16.3. The van der Waals surface area contributed by atoms with Crippen LogP contribution >= 0.6 is 0 Å². The fourth-order valence-electron chi connectivity index (χ4n) is 3.15. The van der Waals surface area contributed by atoms with E-state index < -0.39 is 5.97 Å². The molecule has 180 valence electrons. The second-order valence-corrected chi connectivity index (χ2v) is 7.36. The van der Waals surface area contributed by atoms with Crippen LogP contribution in [0.2, 0.25) is 0 Å². The van der Waals surface area contributed by atoms with Crippen LogP contribution in [-0.4, -0.2) is 55.7 Å². The third-order valence-electron chi connectivity index (χ3n) is 4.65. The molecule has 0 aliphatic rings. The van der Waals surface area contributed by atoms with Crippen LogP contribution < -0.4 is 19.5 Å². The zero-order chi connectivity index (χ0) is 24.7. The Kier molecular flexibility index (Phi) is 8.10. The van der Waals surface area contributed by atoms with Gasteiger partial charge in [-0.3, -0.25) is 9.48 Å². The van der Waals surface area contributed by atoms with Crippen LogP contribution in [0.4, 0.5) is 5.82 Å². The Bertz CT molecular complexity index is 1160. The number of rotatable bonds is 10. The molecule has 1 aromatic heterocycles. The molecule has 0 unspecified atom stereocenters. The molecule has 0 spiro atoms. The molecule has 0 aliphatic heterocycles. The van der Waals surface area contributed by atoms with Crippen molar-refractivity contribution in [1.29, 1.82) is 0 Å². The summed E-state index contributed by atoms with van der Waals surface area (Å²) in [4.78, 5) is 24.8. The second-order valence-electron chi connectivity index (χ2n) is 7.36. The Morgan fingerprint density at radius 2 is 1.79 bits per heavy atom. The van der Waals surface area contributed by atoms with Gasteiger partial charge in [0.05, 0.1) is 20.8 Å². The van der Waals surface area contributed by atoms with Crippen molar-refractivity contribution in [3.63, 3.8) is 0 Å². The van der Waals surface area contributed by atoms with Crippen molar-refractivity contribution in [1.82, 2.24) is 9.78 Å². The molecule has 1 heterocycles. The number of carbonyl (C=O) groups excluding carboxylic acids is 2. The maximum absolute atomic E-state index is 12.9. The number of esters is 1. The minimum atomic E-state index is -0.528. The summed E-state index contributed by atoms with van der Waals surface area (Å²) in [5, 5.41) is 6.91. The Morgan fingerprint density at radius 1 is 1.03 bits per heavy atom. The van der Waals surface area contributed by atoms with E-state index in [1.807, 2.05) is 6.92 Å². The third-order valence-corrected chi connectivity index (χ3v) is 4.65. The maximum atomic E-state index is 12.9. The van der Waals surface area contributed by atoms with Crippen LogP contribution in [0.5, 0.6) is 23.0 Å². The topological polar surface area (TPSA) is 110 Å². The van der Waals surface area contributed by atoms with E-state index in [2.05, 4.69) is 10.4 Å². The number of ether oxygens (including phenoxy) is 5. The average molecular weight is 469 g/mol. The number of hydrogen-bond acceptors (Lipinski definition) is 8. The number of benzene rings is 2. The zero-order valence-corrected chi connectivity index (χ0v) is 19.7. The largest absolute Gasteiger partial charge is 0.496 e. The highest BCUT2D eigenvalue weighted by molar-refractivity contribution is 6.04. The second kappa shape index (κ2) is 11.2. The number of aromatic nitrogens is 2. The predicted octanol–water partition coefficient (Wildman–Crippen LogP) is 3.67. The number of hydrogen-bond donors (Lipinski definition) is 1. The highest BCUT2D eigenvalue weighted by atomic mass is 16.5. The van der Waals surface area contributed by atoms with Gasteiger partial charge in [-0.05, 0) is 31.2 Å². The molecular weight excluding hydrogens is 442 g/mol. The van der Waals surface area contributed by atoms with E-state index in [9.17, 15) is 9.59 Å². The molecule has 0 saturated heterocycles. The van der Waals surface area contributed by atoms with Crippen LogP contribution in [-0.2, 0) is 16.5 Å². The first-order valence-electron chi connectivity index (χ1n) is 10.4. The van der Waals surface area contributed by atoms with Crippen LogP contribution in [0, 0.1) is 0 Å². The molecule has 2 aromatic carbocycles. The highest BCUT2D eigenvalue weighted by Crippen LogP contribution is 2.32. The van der Waals surface area contributed by atoms with Gasteiger partial charge in [0.15, 0.2) is 5.82 Å². The molecule has 1 atom stereocenters. The lowest BCUT2D eigenvalue weighted by molar-refractivity contribution is 0.0597. The van der Waals surface area contributed by atoms with Crippen molar-refractivity contribution in [3.8, 4) is 23.0 Å². The molecule has 10 nitrogen and oxygen atoms in total. The molecular formula is C24H27N3O7.